The van der Waals surface area contributed by atoms with Gasteiger partial charge >= 0.3 is 11.9 Å². The Hall–Kier alpha value is -4.92. The molecule has 43 heavy (non-hydrogen) atoms. The minimum absolute atomic E-state index is 0.0429. The smallest absolute Gasteiger partial charge is 0.307 e. The van der Waals surface area contributed by atoms with Crippen molar-refractivity contribution in [2.45, 2.75) is 45.6 Å². The Morgan fingerprint density at radius 3 is 2.33 bits per heavy atom. The van der Waals surface area contributed by atoms with Crippen molar-refractivity contribution in [2.24, 2.45) is 0 Å². The Morgan fingerprint density at radius 2 is 1.63 bits per heavy atom. The van der Waals surface area contributed by atoms with Crippen molar-refractivity contribution in [3.63, 3.8) is 0 Å². The average molecular weight is 588 g/mol. The highest BCUT2D eigenvalue weighted by molar-refractivity contribution is 5.97. The predicted molar refractivity (Wildman–Crippen MR) is 162 cm³/mol. The van der Waals surface area contributed by atoms with Gasteiger partial charge < -0.3 is 24.3 Å². The fourth-order valence-corrected chi connectivity index (χ4v) is 4.83. The topological polar surface area (TPSA) is 115 Å². The first-order valence-electron chi connectivity index (χ1n) is 14.1. The van der Waals surface area contributed by atoms with Crippen molar-refractivity contribution in [2.75, 3.05) is 13.2 Å². The van der Waals surface area contributed by atoms with Crippen LogP contribution in [0.25, 0.3) is 23.1 Å². The highest BCUT2D eigenvalue weighted by Gasteiger charge is 2.14. The number of halogens is 1. The number of fused-ring (bicyclic) bond motifs is 1. The zero-order chi connectivity index (χ0) is 30.8. The van der Waals surface area contributed by atoms with Crippen molar-refractivity contribution < 1.29 is 38.5 Å². The zero-order valence-corrected chi connectivity index (χ0v) is 23.9. The van der Waals surface area contributed by atoms with Gasteiger partial charge in [-0.2, -0.15) is 0 Å². The molecule has 0 atom stereocenters. The number of nitrogens with zero attached hydrogens (tertiary/aromatic N) is 1. The number of carbonyl (C=O) groups is 3. The van der Waals surface area contributed by atoms with Crippen LogP contribution in [-0.2, 0) is 22.6 Å². The van der Waals surface area contributed by atoms with E-state index >= 15 is 0 Å². The van der Waals surface area contributed by atoms with Gasteiger partial charge in [-0.3, -0.25) is 14.4 Å². The monoisotopic (exact) mass is 587 g/mol. The SMILES string of the molecule is CC(=O)c1ccc(F)cc1OCCCCOc1ccc(C=Cc2cccc3c2c(CC(=O)O)cn3CCCC(=O)O)cc1. The molecule has 0 aliphatic carbocycles. The number of benzene rings is 3. The predicted octanol–water partition coefficient (Wildman–Crippen LogP) is 6.88. The van der Waals surface area contributed by atoms with Gasteiger partial charge in [-0.25, -0.2) is 4.39 Å². The molecule has 0 amide bonds. The van der Waals surface area contributed by atoms with Gasteiger partial charge in [0.25, 0.3) is 0 Å². The summed E-state index contributed by atoms with van der Waals surface area (Å²) in [6.07, 6.45) is 7.45. The van der Waals surface area contributed by atoms with Gasteiger partial charge in [0, 0.05) is 36.1 Å². The molecule has 4 rings (SSSR count). The molecule has 0 radical (unpaired) electrons. The van der Waals surface area contributed by atoms with Crippen LogP contribution in [0.2, 0.25) is 0 Å². The standard InChI is InChI=1S/C34H34FNO7/c1-23(37)29-16-13-27(35)21-31(29)43-19-3-2-18-42-28-14-10-24(11-15-28)9-12-25-6-4-7-30-34(25)26(20-33(40)41)22-36(30)17-5-8-32(38)39/h4,6-7,9-16,21-22H,2-3,5,8,17-20H2,1H3,(H,38,39)(H,40,41). The summed E-state index contributed by atoms with van der Waals surface area (Å²) in [5.41, 5.74) is 3.72. The number of Topliss-reactive ketones (excluding diaryl/α,β-unsaturated/α-hetero) is 1. The van der Waals surface area contributed by atoms with Crippen molar-refractivity contribution in [3.05, 3.63) is 94.9 Å². The minimum atomic E-state index is -0.930. The minimum Gasteiger partial charge on any atom is -0.494 e. The molecule has 224 valence electrons. The maximum absolute atomic E-state index is 13.5. The quantitative estimate of drug-likeness (QED) is 0.0834. The molecule has 8 nitrogen and oxygen atoms in total. The maximum Gasteiger partial charge on any atom is 0.307 e. The van der Waals surface area contributed by atoms with Gasteiger partial charge in [-0.05, 0) is 73.2 Å². The molecule has 0 unspecified atom stereocenters. The number of aliphatic carboxylic acids is 2. The third-order valence-electron chi connectivity index (χ3n) is 6.87. The number of carboxylic acid groups (broad SMARTS) is 2. The van der Waals surface area contributed by atoms with E-state index in [1.54, 1.807) is 6.20 Å². The highest BCUT2D eigenvalue weighted by atomic mass is 19.1. The lowest BCUT2D eigenvalue weighted by molar-refractivity contribution is -0.137. The Morgan fingerprint density at radius 1 is 0.884 bits per heavy atom. The normalized spacial score (nSPS) is 11.2. The molecular weight excluding hydrogens is 553 g/mol. The molecular formula is C34H34FNO7. The van der Waals surface area contributed by atoms with Gasteiger partial charge in [0.1, 0.15) is 17.3 Å². The van der Waals surface area contributed by atoms with E-state index in [9.17, 15) is 23.9 Å². The van der Waals surface area contributed by atoms with Crippen LogP contribution >= 0.6 is 0 Å². The first kappa shape index (κ1) is 31.0. The van der Waals surface area contributed by atoms with Gasteiger partial charge in [0.05, 0.1) is 25.2 Å². The number of aromatic nitrogens is 1. The summed E-state index contributed by atoms with van der Waals surface area (Å²) in [7, 11) is 0. The van der Waals surface area contributed by atoms with E-state index in [1.807, 2.05) is 59.2 Å². The van der Waals surface area contributed by atoms with E-state index < -0.39 is 17.8 Å². The maximum atomic E-state index is 13.5. The van der Waals surface area contributed by atoms with Gasteiger partial charge in [0.15, 0.2) is 5.78 Å². The van der Waals surface area contributed by atoms with E-state index in [0.717, 1.165) is 22.0 Å². The summed E-state index contributed by atoms with van der Waals surface area (Å²) in [4.78, 5) is 34.2. The second-order valence-electron chi connectivity index (χ2n) is 10.2. The molecule has 0 aliphatic rings. The lowest BCUT2D eigenvalue weighted by Crippen LogP contribution is -2.05. The lowest BCUT2D eigenvalue weighted by atomic mass is 10.0. The fraction of sp³-hybridized carbons (Fsp3) is 0.265. The van der Waals surface area contributed by atoms with E-state index in [0.29, 0.717) is 55.9 Å². The molecule has 2 N–H and O–H groups in total. The average Bonchev–Trinajstić information content (AvgIpc) is 3.31. The van der Waals surface area contributed by atoms with Crippen LogP contribution < -0.4 is 9.47 Å². The summed E-state index contributed by atoms with van der Waals surface area (Å²) in [6, 6.07) is 17.2. The van der Waals surface area contributed by atoms with Crippen molar-refractivity contribution >= 4 is 40.8 Å². The first-order chi connectivity index (χ1) is 20.7. The first-order valence-corrected chi connectivity index (χ1v) is 14.1. The van der Waals surface area contributed by atoms with E-state index in [4.69, 9.17) is 14.6 Å². The number of rotatable bonds is 16. The number of carboxylic acids is 2. The van der Waals surface area contributed by atoms with Crippen molar-refractivity contribution in [1.82, 2.24) is 4.57 Å². The van der Waals surface area contributed by atoms with E-state index in [-0.39, 0.29) is 24.4 Å². The molecule has 0 aliphatic heterocycles. The number of hydrogen-bond donors (Lipinski definition) is 2. The van der Waals surface area contributed by atoms with Crippen molar-refractivity contribution in [3.8, 4) is 11.5 Å². The Labute approximate surface area is 249 Å². The molecule has 0 saturated carbocycles. The lowest BCUT2D eigenvalue weighted by Gasteiger charge is -2.10. The molecule has 1 aromatic heterocycles. The van der Waals surface area contributed by atoms with Crippen molar-refractivity contribution in [1.29, 1.82) is 0 Å². The molecule has 3 aromatic carbocycles. The van der Waals surface area contributed by atoms with Crippen LogP contribution in [0, 0.1) is 5.82 Å². The number of aryl methyl sites for hydroxylation is 1. The zero-order valence-electron chi connectivity index (χ0n) is 23.9. The number of ether oxygens (including phenoxy) is 2. The van der Waals surface area contributed by atoms with E-state index in [1.165, 1.54) is 25.1 Å². The molecule has 0 saturated heterocycles. The number of unbranched alkanes of at least 4 members (excludes halogenated alkanes) is 1. The Balaban J connectivity index is 1.33. The highest BCUT2D eigenvalue weighted by Crippen LogP contribution is 2.28. The number of carbonyl (C=O) groups excluding carboxylic acids is 1. The molecule has 0 bridgehead atoms. The van der Waals surface area contributed by atoms with Crippen LogP contribution in [0.5, 0.6) is 11.5 Å². The summed E-state index contributed by atoms with van der Waals surface area (Å²) in [6.45, 7) is 2.71. The molecule has 9 heteroatoms. The summed E-state index contributed by atoms with van der Waals surface area (Å²) in [5.74, 6) is -1.46. The molecule has 1 heterocycles. The number of ketones is 1. The van der Waals surface area contributed by atoms with Gasteiger partial charge in [0.2, 0.25) is 0 Å². The van der Waals surface area contributed by atoms with Crippen LogP contribution in [0.4, 0.5) is 4.39 Å². The van der Waals surface area contributed by atoms with Crippen LogP contribution in [-0.4, -0.2) is 45.7 Å². The third kappa shape index (κ3) is 8.78. The van der Waals surface area contributed by atoms with Crippen LogP contribution in [0.1, 0.15) is 59.7 Å². The van der Waals surface area contributed by atoms with Gasteiger partial charge in [-0.1, -0.05) is 36.4 Å². The Bertz CT molecular complexity index is 1620. The van der Waals surface area contributed by atoms with Gasteiger partial charge in [-0.15, -0.1) is 0 Å². The second-order valence-corrected chi connectivity index (χ2v) is 10.2. The van der Waals surface area contributed by atoms with Crippen LogP contribution in [0.15, 0.2) is 66.9 Å². The second kappa shape index (κ2) is 14.8. The molecule has 0 spiro atoms. The Kier molecular flexibility index (Phi) is 10.7. The number of hydrogen-bond acceptors (Lipinski definition) is 5. The molecule has 0 fully saturated rings. The van der Waals surface area contributed by atoms with Crippen LogP contribution in [0.3, 0.4) is 0 Å². The third-order valence-corrected chi connectivity index (χ3v) is 6.87. The summed E-state index contributed by atoms with van der Waals surface area (Å²) >= 11 is 0. The summed E-state index contributed by atoms with van der Waals surface area (Å²) < 4.78 is 26.9. The van der Waals surface area contributed by atoms with E-state index in [2.05, 4.69) is 0 Å². The molecule has 4 aromatic rings. The largest absolute Gasteiger partial charge is 0.494 e. The summed E-state index contributed by atoms with van der Waals surface area (Å²) in [5, 5.41) is 19.3. The fourth-order valence-electron chi connectivity index (χ4n) is 4.83.